The summed E-state index contributed by atoms with van der Waals surface area (Å²) in [6.45, 7) is 3.99. The van der Waals surface area contributed by atoms with E-state index in [1.807, 2.05) is 0 Å². The highest BCUT2D eigenvalue weighted by atomic mass is 32.2. The van der Waals surface area contributed by atoms with Gasteiger partial charge in [0.05, 0.1) is 46.4 Å². The fourth-order valence-electron chi connectivity index (χ4n) is 3.70. The van der Waals surface area contributed by atoms with Gasteiger partial charge in [0.25, 0.3) is 0 Å². The molecule has 0 aromatic heterocycles. The Morgan fingerprint density at radius 1 is 0.857 bits per heavy atom. The van der Waals surface area contributed by atoms with Crippen LogP contribution in [0.15, 0.2) is 68.8 Å². The minimum atomic E-state index is -3.42. The summed E-state index contributed by atoms with van der Waals surface area (Å²) in [6, 6.07) is 14.7. The first-order valence-corrected chi connectivity index (χ1v) is 16.7. The second kappa shape index (κ2) is 12.3. The van der Waals surface area contributed by atoms with Crippen molar-refractivity contribution in [1.82, 2.24) is 4.90 Å². The van der Waals surface area contributed by atoms with Crippen molar-refractivity contribution in [2.45, 2.75) is 22.6 Å². The number of benzene rings is 2. The van der Waals surface area contributed by atoms with Gasteiger partial charge in [-0.15, -0.1) is 0 Å². The number of hydrogen-bond donors (Lipinski definition) is 1. The summed E-state index contributed by atoms with van der Waals surface area (Å²) in [6.07, 6.45) is 1.85. The molecule has 0 radical (unpaired) electrons. The molecule has 2 aromatic carbocycles. The third-order valence-corrected chi connectivity index (χ3v) is 10.4. The number of anilines is 1. The lowest BCUT2D eigenvalue weighted by Crippen LogP contribution is -2.37. The molecule has 0 bridgehead atoms. The zero-order valence-corrected chi connectivity index (χ0v) is 22.3. The Labute approximate surface area is 209 Å². The van der Waals surface area contributed by atoms with Crippen LogP contribution in [0.2, 0.25) is 0 Å². The second-order valence-electron chi connectivity index (χ2n) is 8.39. The monoisotopic (exact) mass is 543 g/mol. The number of unbranched alkanes of at least 4 members (excludes halogenated alkanes) is 1. The lowest BCUT2D eigenvalue weighted by molar-refractivity contribution is 0.0395. The topological polar surface area (TPSA) is 122 Å². The first-order valence-electron chi connectivity index (χ1n) is 11.4. The largest absolute Gasteiger partial charge is 0.379 e. The second-order valence-corrected chi connectivity index (χ2v) is 14.7. The van der Waals surface area contributed by atoms with E-state index >= 15 is 0 Å². The summed E-state index contributed by atoms with van der Waals surface area (Å²) >= 11 is 0. The molecule has 1 fully saturated rings. The highest BCUT2D eigenvalue weighted by Crippen LogP contribution is 2.20. The van der Waals surface area contributed by atoms with Gasteiger partial charge in [0.15, 0.2) is 9.84 Å². The maximum Gasteiger partial charge on any atom is 0.229 e. The number of sulfonamides is 1. The van der Waals surface area contributed by atoms with Gasteiger partial charge in [-0.3, -0.25) is 9.62 Å². The van der Waals surface area contributed by atoms with E-state index in [-0.39, 0.29) is 16.4 Å². The Balaban J connectivity index is 1.70. The summed E-state index contributed by atoms with van der Waals surface area (Å²) in [5.41, 5.74) is 0.375. The van der Waals surface area contributed by atoms with Crippen LogP contribution >= 0.6 is 0 Å². The highest BCUT2D eigenvalue weighted by molar-refractivity contribution is 7.93. The standard InChI is InChI=1S/C23H33N3O6S3/c1-33(27,28)25-21-9-11-22(12-10-21)34(29,24-13-14-26-15-17-32-18-16-26)19-5-6-20-35(30,31)23-7-3-2-4-8-23/h2-4,7-12,25H,5-6,13-20H2,1H3. The number of ether oxygens (including phenoxy) is 1. The van der Waals surface area contributed by atoms with E-state index < -0.39 is 29.6 Å². The van der Waals surface area contributed by atoms with Gasteiger partial charge in [-0.1, -0.05) is 18.2 Å². The lowest BCUT2D eigenvalue weighted by atomic mass is 10.3. The predicted octanol–water partition coefficient (Wildman–Crippen LogP) is 2.47. The third-order valence-electron chi connectivity index (χ3n) is 5.53. The Hall–Kier alpha value is -1.99. The van der Waals surface area contributed by atoms with Crippen molar-refractivity contribution in [2.24, 2.45) is 4.36 Å². The Kier molecular flexibility index (Phi) is 9.70. The van der Waals surface area contributed by atoms with Crippen molar-refractivity contribution in [2.75, 3.05) is 61.9 Å². The number of rotatable bonds is 12. The molecule has 0 amide bonds. The molecule has 194 valence electrons. The Bertz CT molecular complexity index is 1280. The Morgan fingerprint density at radius 3 is 2.11 bits per heavy atom. The van der Waals surface area contributed by atoms with Gasteiger partial charge in [-0.2, -0.15) is 0 Å². The molecular weight excluding hydrogens is 510 g/mol. The molecule has 0 saturated carbocycles. The molecule has 1 aliphatic rings. The van der Waals surface area contributed by atoms with Crippen molar-refractivity contribution in [1.29, 1.82) is 0 Å². The third kappa shape index (κ3) is 8.87. The van der Waals surface area contributed by atoms with Crippen LogP contribution in [0.5, 0.6) is 0 Å². The predicted molar refractivity (Wildman–Crippen MR) is 138 cm³/mol. The van der Waals surface area contributed by atoms with Crippen LogP contribution in [0.3, 0.4) is 0 Å². The zero-order valence-electron chi connectivity index (χ0n) is 19.8. The van der Waals surface area contributed by atoms with E-state index in [4.69, 9.17) is 4.74 Å². The summed E-state index contributed by atoms with van der Waals surface area (Å²) in [5, 5.41) is 0. The molecular formula is C23H33N3O6S3. The molecule has 12 heteroatoms. The van der Waals surface area contributed by atoms with Crippen molar-refractivity contribution in [3.63, 3.8) is 0 Å². The number of morpholine rings is 1. The maximum atomic E-state index is 13.9. The molecule has 1 aliphatic heterocycles. The summed E-state index contributed by atoms with van der Waals surface area (Å²) < 4.78 is 74.3. The van der Waals surface area contributed by atoms with E-state index in [0.29, 0.717) is 49.7 Å². The van der Waals surface area contributed by atoms with E-state index in [2.05, 4.69) is 14.0 Å². The zero-order chi connectivity index (χ0) is 25.4. The first kappa shape index (κ1) is 27.6. The maximum absolute atomic E-state index is 13.9. The van der Waals surface area contributed by atoms with Crippen molar-refractivity contribution in [3.05, 3.63) is 54.6 Å². The number of nitrogens with one attached hydrogen (secondary N) is 1. The van der Waals surface area contributed by atoms with Crippen molar-refractivity contribution < 1.29 is 25.8 Å². The van der Waals surface area contributed by atoms with Crippen molar-refractivity contribution >= 4 is 35.3 Å². The van der Waals surface area contributed by atoms with Gasteiger partial charge >= 0.3 is 0 Å². The molecule has 1 heterocycles. The molecule has 1 N–H and O–H groups in total. The van der Waals surface area contributed by atoms with Crippen LogP contribution in [0.4, 0.5) is 5.69 Å². The van der Waals surface area contributed by atoms with E-state index in [1.165, 1.54) is 0 Å². The van der Waals surface area contributed by atoms with Crippen LogP contribution in [-0.2, 0) is 34.3 Å². The molecule has 9 nitrogen and oxygen atoms in total. The fraction of sp³-hybridized carbons (Fsp3) is 0.478. The average Bonchev–Trinajstić information content (AvgIpc) is 2.83. The molecule has 1 atom stereocenters. The molecule has 1 unspecified atom stereocenters. The molecule has 1 saturated heterocycles. The molecule has 0 aliphatic carbocycles. The summed E-state index contributed by atoms with van der Waals surface area (Å²) in [4.78, 5) is 2.99. The fourth-order valence-corrected chi connectivity index (χ4v) is 7.70. The molecule has 35 heavy (non-hydrogen) atoms. The van der Waals surface area contributed by atoms with Crippen LogP contribution in [0, 0.1) is 0 Å². The van der Waals surface area contributed by atoms with Gasteiger partial charge in [0, 0.05) is 36.0 Å². The quantitative estimate of drug-likeness (QED) is 0.408. The van der Waals surface area contributed by atoms with Gasteiger partial charge in [0.1, 0.15) is 0 Å². The van der Waals surface area contributed by atoms with Gasteiger partial charge in [-0.25, -0.2) is 25.4 Å². The van der Waals surface area contributed by atoms with Gasteiger partial charge < -0.3 is 4.74 Å². The van der Waals surface area contributed by atoms with Crippen LogP contribution < -0.4 is 4.72 Å². The lowest BCUT2D eigenvalue weighted by Gasteiger charge is -2.25. The van der Waals surface area contributed by atoms with Crippen LogP contribution in [0.1, 0.15) is 12.8 Å². The Morgan fingerprint density at radius 2 is 1.49 bits per heavy atom. The van der Waals surface area contributed by atoms with Crippen molar-refractivity contribution in [3.8, 4) is 0 Å². The van der Waals surface area contributed by atoms with E-state index in [9.17, 15) is 21.0 Å². The summed E-state index contributed by atoms with van der Waals surface area (Å²) in [7, 11) is -9.64. The first-order chi connectivity index (χ1) is 16.6. The number of nitrogens with zero attached hydrogens (tertiary/aromatic N) is 2. The van der Waals surface area contributed by atoms with E-state index in [0.717, 1.165) is 19.3 Å². The molecule has 3 rings (SSSR count). The van der Waals surface area contributed by atoms with Gasteiger partial charge in [0.2, 0.25) is 10.0 Å². The minimum absolute atomic E-state index is 0.0302. The van der Waals surface area contributed by atoms with Crippen LogP contribution in [-0.4, -0.2) is 83.1 Å². The number of hydrogen-bond acceptors (Lipinski definition) is 8. The SMILES string of the molecule is CS(=O)(=O)Nc1ccc(S(=O)(CCCCS(=O)(=O)c2ccccc2)=NCCN2CCOCC2)cc1. The smallest absolute Gasteiger partial charge is 0.229 e. The van der Waals surface area contributed by atoms with Gasteiger partial charge in [-0.05, 0) is 49.2 Å². The van der Waals surface area contributed by atoms with Crippen LogP contribution in [0.25, 0.3) is 0 Å². The number of sulfone groups is 1. The molecule has 2 aromatic rings. The minimum Gasteiger partial charge on any atom is -0.379 e. The highest BCUT2D eigenvalue weighted by Gasteiger charge is 2.17. The normalized spacial score (nSPS) is 16.9. The summed E-state index contributed by atoms with van der Waals surface area (Å²) in [5.74, 6) is 0.191. The molecule has 0 spiro atoms. The van der Waals surface area contributed by atoms with E-state index in [1.54, 1.807) is 54.6 Å². The average molecular weight is 544 g/mol.